The number of amides is 1. The molecule has 2 aromatic carbocycles. The molecule has 9 heteroatoms. The molecule has 0 radical (unpaired) electrons. The van der Waals surface area contributed by atoms with E-state index in [4.69, 9.17) is 9.84 Å². The van der Waals surface area contributed by atoms with Crippen LogP contribution in [0, 0.1) is 5.92 Å². The Morgan fingerprint density at radius 1 is 1.16 bits per heavy atom. The second-order valence-corrected chi connectivity index (χ2v) is 8.98. The molecule has 0 unspecified atom stereocenters. The van der Waals surface area contributed by atoms with Gasteiger partial charge in [0.25, 0.3) is 0 Å². The molecule has 0 aliphatic rings. The number of halogens is 2. The van der Waals surface area contributed by atoms with Crippen LogP contribution in [-0.4, -0.2) is 28.1 Å². The number of aliphatic carboxylic acids is 1. The van der Waals surface area contributed by atoms with Gasteiger partial charge in [-0.15, -0.1) is 0 Å². The number of allylic oxidation sites excluding steroid dienone is 1. The number of aromatic hydroxyl groups is 1. The first-order chi connectivity index (χ1) is 15.1. The number of carboxylic acids is 1. The van der Waals surface area contributed by atoms with Crippen LogP contribution in [0.3, 0.4) is 0 Å². The van der Waals surface area contributed by atoms with E-state index >= 15 is 0 Å². The molecule has 0 bridgehead atoms. The van der Waals surface area contributed by atoms with Gasteiger partial charge in [-0.25, -0.2) is 9.59 Å². The molecule has 0 aliphatic carbocycles. The van der Waals surface area contributed by atoms with Gasteiger partial charge in [-0.05, 0) is 78.0 Å². The van der Waals surface area contributed by atoms with E-state index in [0.717, 1.165) is 6.08 Å². The van der Waals surface area contributed by atoms with E-state index in [1.165, 1.54) is 13.0 Å². The highest BCUT2D eigenvalue weighted by Gasteiger charge is 2.27. The molecule has 2 aromatic rings. The molecule has 2 rings (SSSR count). The maximum Gasteiger partial charge on any atom is 0.412 e. The largest absolute Gasteiger partial charge is 0.506 e. The lowest BCUT2D eigenvalue weighted by molar-refractivity contribution is -0.131. The number of rotatable bonds is 9. The molecule has 170 valence electrons. The van der Waals surface area contributed by atoms with Crippen molar-refractivity contribution in [1.29, 1.82) is 0 Å². The molecule has 7 nitrogen and oxygen atoms in total. The summed E-state index contributed by atoms with van der Waals surface area (Å²) in [4.78, 5) is 34.7. The number of nitrogens with one attached hydrogen (secondary N) is 1. The van der Waals surface area contributed by atoms with Crippen LogP contribution >= 0.6 is 31.9 Å². The minimum atomic E-state index is -1.03. The molecule has 0 fully saturated rings. The number of phenolic OH excluding ortho intramolecular Hbond substituents is 1. The van der Waals surface area contributed by atoms with Crippen molar-refractivity contribution in [3.8, 4) is 5.75 Å². The molecule has 1 amide bonds. The molecule has 3 N–H and O–H groups in total. The van der Waals surface area contributed by atoms with Crippen LogP contribution in [0.25, 0.3) is 0 Å². The first-order valence-corrected chi connectivity index (χ1v) is 11.3. The maximum atomic E-state index is 12.6. The second-order valence-electron chi connectivity index (χ2n) is 7.21. The van der Waals surface area contributed by atoms with Crippen LogP contribution in [0.2, 0.25) is 0 Å². The van der Waals surface area contributed by atoms with Crippen molar-refractivity contribution in [2.75, 3.05) is 5.32 Å². The van der Waals surface area contributed by atoms with Crippen LogP contribution in [0.5, 0.6) is 5.75 Å². The molecule has 0 aliphatic heterocycles. The molecule has 0 spiro atoms. The van der Waals surface area contributed by atoms with Crippen LogP contribution in [0.15, 0.2) is 57.5 Å². The quantitative estimate of drug-likeness (QED) is 0.236. The fourth-order valence-electron chi connectivity index (χ4n) is 3.03. The zero-order chi connectivity index (χ0) is 23.8. The maximum absolute atomic E-state index is 12.6. The Bertz CT molecular complexity index is 1020. The summed E-state index contributed by atoms with van der Waals surface area (Å²) in [6, 6.07) is 9.74. The third kappa shape index (κ3) is 7.49. The van der Waals surface area contributed by atoms with Crippen LogP contribution in [0.4, 0.5) is 10.5 Å². The smallest absolute Gasteiger partial charge is 0.412 e. The lowest BCUT2D eigenvalue weighted by Gasteiger charge is -2.26. The molecule has 0 saturated heterocycles. The lowest BCUT2D eigenvalue weighted by atomic mass is 9.92. The topological polar surface area (TPSA) is 113 Å². The van der Waals surface area contributed by atoms with Crippen molar-refractivity contribution >= 4 is 55.4 Å². The molecule has 0 saturated carbocycles. The number of carboxylic acid groups (broad SMARTS) is 1. The fourth-order valence-corrected chi connectivity index (χ4v) is 4.29. The number of hydrogen-bond donors (Lipinski definition) is 3. The van der Waals surface area contributed by atoms with E-state index in [0.29, 0.717) is 38.6 Å². The zero-order valence-electron chi connectivity index (χ0n) is 17.5. The third-order valence-electron chi connectivity index (χ3n) is 4.70. The first kappa shape index (κ1) is 25.6. The first-order valence-electron chi connectivity index (χ1n) is 9.74. The Labute approximate surface area is 202 Å². The Kier molecular flexibility index (Phi) is 9.46. The summed E-state index contributed by atoms with van der Waals surface area (Å²) < 4.78 is 6.81. The summed E-state index contributed by atoms with van der Waals surface area (Å²) in [7, 11) is 0. The van der Waals surface area contributed by atoms with E-state index in [-0.39, 0.29) is 17.5 Å². The summed E-state index contributed by atoms with van der Waals surface area (Å²) in [6.07, 6.45) is 2.03. The van der Waals surface area contributed by atoms with Crippen molar-refractivity contribution < 1.29 is 29.3 Å². The summed E-state index contributed by atoms with van der Waals surface area (Å²) in [5.74, 6) is -1.41. The van der Waals surface area contributed by atoms with Crippen molar-refractivity contribution in [3.05, 3.63) is 68.6 Å². The van der Waals surface area contributed by atoms with Gasteiger partial charge >= 0.3 is 12.1 Å². The Balaban J connectivity index is 2.22. The highest BCUT2D eigenvalue weighted by atomic mass is 79.9. The highest BCUT2D eigenvalue weighted by Crippen LogP contribution is 2.40. The summed E-state index contributed by atoms with van der Waals surface area (Å²) in [5, 5.41) is 21.9. The predicted octanol–water partition coefficient (Wildman–Crippen LogP) is 6.47. The SMILES string of the molecule is CC(=O)c1ccc(NC(=O)O[C@H](c2cc(Br)cc(Br)c2O)[C@H](C)CC/C=C/C(=O)O)cc1. The average Bonchev–Trinajstić information content (AvgIpc) is 2.72. The standard InChI is InChI=1S/C23H23Br2NO6/c1-13(5-3-4-6-20(28)29)22(18-11-16(24)12-19(25)21(18)30)32-23(31)26-17-9-7-15(8-10-17)14(2)27/h4,6-13,22,30H,3,5H2,1-2H3,(H,26,31)(H,28,29)/b6-4+/t13-,22+/m1/s1. The van der Waals surface area contributed by atoms with Crippen molar-refractivity contribution in [1.82, 2.24) is 0 Å². The van der Waals surface area contributed by atoms with Crippen molar-refractivity contribution in [2.24, 2.45) is 5.92 Å². The summed E-state index contributed by atoms with van der Waals surface area (Å²) in [5.41, 5.74) is 1.38. The predicted molar refractivity (Wildman–Crippen MR) is 128 cm³/mol. The van der Waals surface area contributed by atoms with Gasteiger partial charge in [-0.1, -0.05) is 28.9 Å². The van der Waals surface area contributed by atoms with E-state index in [1.54, 1.807) is 36.4 Å². The van der Waals surface area contributed by atoms with E-state index in [9.17, 15) is 19.5 Å². The minimum absolute atomic E-state index is 0.0512. The van der Waals surface area contributed by atoms with Crippen LogP contribution < -0.4 is 5.32 Å². The number of carbonyl (C=O) groups excluding carboxylic acids is 2. The minimum Gasteiger partial charge on any atom is -0.506 e. The van der Waals surface area contributed by atoms with Gasteiger partial charge in [0.1, 0.15) is 11.9 Å². The molecule has 0 heterocycles. The van der Waals surface area contributed by atoms with Gasteiger partial charge in [0.15, 0.2) is 5.78 Å². The van der Waals surface area contributed by atoms with Gasteiger partial charge < -0.3 is 14.9 Å². The van der Waals surface area contributed by atoms with Gasteiger partial charge in [-0.2, -0.15) is 0 Å². The van der Waals surface area contributed by atoms with E-state index in [2.05, 4.69) is 37.2 Å². The number of carbonyl (C=O) groups is 3. The zero-order valence-corrected chi connectivity index (χ0v) is 20.6. The molecular formula is C23H23Br2NO6. The lowest BCUT2D eigenvalue weighted by Crippen LogP contribution is -2.22. The number of Topliss-reactive ketones (excluding diaryl/α,β-unsaturated/α-hetero) is 1. The van der Waals surface area contributed by atoms with Gasteiger partial charge in [-0.3, -0.25) is 10.1 Å². The average molecular weight is 569 g/mol. The third-order valence-corrected chi connectivity index (χ3v) is 5.76. The van der Waals surface area contributed by atoms with Crippen LogP contribution in [0.1, 0.15) is 48.7 Å². The summed E-state index contributed by atoms with van der Waals surface area (Å²) >= 11 is 6.67. The Hall–Kier alpha value is -2.65. The number of benzene rings is 2. The van der Waals surface area contributed by atoms with Gasteiger partial charge in [0, 0.05) is 27.4 Å². The number of hydrogen-bond acceptors (Lipinski definition) is 5. The summed E-state index contributed by atoms with van der Waals surface area (Å²) in [6.45, 7) is 3.30. The van der Waals surface area contributed by atoms with Gasteiger partial charge in [0.2, 0.25) is 0 Å². The number of ether oxygens (including phenoxy) is 1. The fraction of sp³-hybridized carbons (Fsp3) is 0.261. The normalized spacial score (nSPS) is 12.9. The van der Waals surface area contributed by atoms with Crippen molar-refractivity contribution in [3.63, 3.8) is 0 Å². The van der Waals surface area contributed by atoms with Gasteiger partial charge in [0.05, 0.1) is 4.47 Å². The second kappa shape index (κ2) is 11.8. The van der Waals surface area contributed by atoms with E-state index in [1.807, 2.05) is 6.92 Å². The Morgan fingerprint density at radius 3 is 2.41 bits per heavy atom. The monoisotopic (exact) mass is 567 g/mol. The Morgan fingerprint density at radius 2 is 1.81 bits per heavy atom. The van der Waals surface area contributed by atoms with Crippen LogP contribution in [-0.2, 0) is 9.53 Å². The van der Waals surface area contributed by atoms with Crippen molar-refractivity contribution in [2.45, 2.75) is 32.8 Å². The molecule has 32 heavy (non-hydrogen) atoms. The number of ketones is 1. The highest BCUT2D eigenvalue weighted by molar-refractivity contribution is 9.11. The number of phenols is 1. The molecule has 0 aromatic heterocycles. The molecule has 2 atom stereocenters. The van der Waals surface area contributed by atoms with E-state index < -0.39 is 18.2 Å². The number of anilines is 1. The molecular weight excluding hydrogens is 546 g/mol.